The van der Waals surface area contributed by atoms with Gasteiger partial charge in [0.05, 0.1) is 13.2 Å². The summed E-state index contributed by atoms with van der Waals surface area (Å²) in [6, 6.07) is 5.76. The number of ether oxygens (including phenoxy) is 1. The van der Waals surface area contributed by atoms with Crippen LogP contribution in [0.3, 0.4) is 0 Å². The molecule has 7 heteroatoms. The number of carboxylic acid groups (broad SMARTS) is 1. The minimum atomic E-state index is -1.08. The van der Waals surface area contributed by atoms with Gasteiger partial charge in [-0.25, -0.2) is 19.2 Å². The number of benzene rings is 1. The van der Waals surface area contributed by atoms with Crippen LogP contribution in [-0.4, -0.2) is 47.3 Å². The van der Waals surface area contributed by atoms with Gasteiger partial charge in [0, 0.05) is 24.8 Å². The fraction of sp³-hybridized carbons (Fsp3) is 0.267. The summed E-state index contributed by atoms with van der Waals surface area (Å²) in [5.74, 6) is -0.692. The van der Waals surface area contributed by atoms with E-state index in [1.807, 2.05) is 4.90 Å². The zero-order valence-corrected chi connectivity index (χ0v) is 11.7. The van der Waals surface area contributed by atoms with Gasteiger partial charge < -0.3 is 14.7 Å². The molecule has 6 nitrogen and oxygen atoms in total. The Morgan fingerprint density at radius 3 is 2.55 bits per heavy atom. The van der Waals surface area contributed by atoms with Crippen LogP contribution in [0.15, 0.2) is 30.5 Å². The lowest BCUT2D eigenvalue weighted by atomic mass is 10.2. The first kappa shape index (κ1) is 14.4. The van der Waals surface area contributed by atoms with Gasteiger partial charge in [-0.05, 0) is 24.3 Å². The fourth-order valence-electron chi connectivity index (χ4n) is 2.28. The van der Waals surface area contributed by atoms with E-state index in [1.54, 1.807) is 12.1 Å². The summed E-state index contributed by atoms with van der Waals surface area (Å²) in [7, 11) is 0. The average molecular weight is 303 g/mol. The average Bonchev–Trinajstić information content (AvgIpc) is 2.56. The van der Waals surface area contributed by atoms with E-state index in [2.05, 4.69) is 9.97 Å². The molecule has 0 radical (unpaired) electrons. The first-order chi connectivity index (χ1) is 10.6. The van der Waals surface area contributed by atoms with Crippen molar-refractivity contribution in [3.8, 4) is 11.4 Å². The number of hydrogen-bond acceptors (Lipinski definition) is 5. The van der Waals surface area contributed by atoms with Crippen LogP contribution in [0.5, 0.6) is 0 Å². The van der Waals surface area contributed by atoms with E-state index in [1.165, 1.54) is 18.3 Å². The van der Waals surface area contributed by atoms with E-state index < -0.39 is 5.97 Å². The topological polar surface area (TPSA) is 75.5 Å². The molecule has 0 atom stereocenters. The molecule has 0 amide bonds. The van der Waals surface area contributed by atoms with Crippen molar-refractivity contribution < 1.29 is 19.0 Å². The maximum absolute atomic E-state index is 13.0. The van der Waals surface area contributed by atoms with Crippen molar-refractivity contribution in [2.75, 3.05) is 31.2 Å². The smallest absolute Gasteiger partial charge is 0.341 e. The minimum absolute atomic E-state index is 0.0489. The Kier molecular flexibility index (Phi) is 3.97. The van der Waals surface area contributed by atoms with Gasteiger partial charge in [0.1, 0.15) is 17.2 Å². The molecular weight excluding hydrogens is 289 g/mol. The van der Waals surface area contributed by atoms with Crippen LogP contribution in [0.1, 0.15) is 10.4 Å². The summed E-state index contributed by atoms with van der Waals surface area (Å²) in [5.41, 5.74) is 0.681. The number of aromatic nitrogens is 2. The van der Waals surface area contributed by atoms with E-state index in [0.717, 1.165) is 0 Å². The van der Waals surface area contributed by atoms with E-state index in [4.69, 9.17) is 4.74 Å². The number of nitrogens with zero attached hydrogens (tertiary/aromatic N) is 3. The highest BCUT2D eigenvalue weighted by Crippen LogP contribution is 2.23. The van der Waals surface area contributed by atoms with E-state index in [0.29, 0.717) is 43.5 Å². The first-order valence-electron chi connectivity index (χ1n) is 6.84. The molecule has 0 aliphatic carbocycles. The van der Waals surface area contributed by atoms with Gasteiger partial charge in [-0.2, -0.15) is 0 Å². The van der Waals surface area contributed by atoms with E-state index in [9.17, 15) is 14.3 Å². The number of halogens is 1. The molecule has 22 heavy (non-hydrogen) atoms. The van der Waals surface area contributed by atoms with Crippen molar-refractivity contribution in [3.63, 3.8) is 0 Å². The second kappa shape index (κ2) is 6.07. The molecule has 1 aromatic heterocycles. The van der Waals surface area contributed by atoms with Crippen LogP contribution in [0.25, 0.3) is 11.4 Å². The van der Waals surface area contributed by atoms with Gasteiger partial charge in [0.15, 0.2) is 5.82 Å². The van der Waals surface area contributed by atoms with Crippen molar-refractivity contribution >= 4 is 11.8 Å². The molecule has 0 saturated carbocycles. The predicted molar refractivity (Wildman–Crippen MR) is 77.4 cm³/mol. The number of carboxylic acids is 1. The van der Waals surface area contributed by atoms with Gasteiger partial charge in [0.2, 0.25) is 0 Å². The van der Waals surface area contributed by atoms with Crippen molar-refractivity contribution in [1.82, 2.24) is 9.97 Å². The summed E-state index contributed by atoms with van der Waals surface area (Å²) in [4.78, 5) is 21.7. The predicted octanol–water partition coefficient (Wildman–Crippen LogP) is 1.82. The Morgan fingerprint density at radius 2 is 1.91 bits per heavy atom. The molecule has 1 aliphatic rings. The number of carbonyl (C=O) groups is 1. The van der Waals surface area contributed by atoms with Crippen LogP contribution < -0.4 is 4.90 Å². The molecule has 1 aromatic carbocycles. The zero-order chi connectivity index (χ0) is 15.5. The largest absolute Gasteiger partial charge is 0.477 e. The molecule has 0 spiro atoms. The van der Waals surface area contributed by atoms with Crippen LogP contribution in [0.2, 0.25) is 0 Å². The Bertz CT molecular complexity index is 685. The lowest BCUT2D eigenvalue weighted by molar-refractivity contribution is 0.0695. The minimum Gasteiger partial charge on any atom is -0.477 e. The molecule has 0 unspecified atom stereocenters. The van der Waals surface area contributed by atoms with Gasteiger partial charge in [-0.1, -0.05) is 0 Å². The molecular formula is C15H14FN3O3. The zero-order valence-electron chi connectivity index (χ0n) is 11.7. The normalized spacial score (nSPS) is 14.9. The molecule has 2 heterocycles. The summed E-state index contributed by atoms with van der Waals surface area (Å²) < 4.78 is 18.3. The SMILES string of the molecule is O=C(O)c1cnc(-c2ccc(F)cc2)nc1N1CCOCC1. The Morgan fingerprint density at radius 1 is 1.23 bits per heavy atom. The molecule has 1 fully saturated rings. The highest BCUT2D eigenvalue weighted by molar-refractivity contribution is 5.93. The quantitative estimate of drug-likeness (QED) is 0.932. The van der Waals surface area contributed by atoms with Gasteiger partial charge >= 0.3 is 5.97 Å². The molecule has 1 aliphatic heterocycles. The van der Waals surface area contributed by atoms with Crippen LogP contribution >= 0.6 is 0 Å². The van der Waals surface area contributed by atoms with Crippen LogP contribution in [0.4, 0.5) is 10.2 Å². The van der Waals surface area contributed by atoms with Gasteiger partial charge in [-0.15, -0.1) is 0 Å². The van der Waals surface area contributed by atoms with Crippen molar-refractivity contribution in [2.45, 2.75) is 0 Å². The Hall–Kier alpha value is -2.54. The fourth-order valence-corrected chi connectivity index (χ4v) is 2.28. The number of anilines is 1. The maximum atomic E-state index is 13.0. The lowest BCUT2D eigenvalue weighted by Crippen LogP contribution is -2.37. The number of rotatable bonds is 3. The highest BCUT2D eigenvalue weighted by atomic mass is 19.1. The lowest BCUT2D eigenvalue weighted by Gasteiger charge is -2.28. The number of morpholine rings is 1. The summed E-state index contributed by atoms with van der Waals surface area (Å²) in [5, 5.41) is 9.31. The van der Waals surface area contributed by atoms with Crippen LogP contribution in [-0.2, 0) is 4.74 Å². The summed E-state index contributed by atoms with van der Waals surface area (Å²) in [6.45, 7) is 2.18. The van der Waals surface area contributed by atoms with Crippen LogP contribution in [0, 0.1) is 5.82 Å². The van der Waals surface area contributed by atoms with E-state index in [-0.39, 0.29) is 11.4 Å². The molecule has 2 aromatic rings. The third-order valence-corrected chi connectivity index (χ3v) is 3.41. The van der Waals surface area contributed by atoms with Crippen molar-refractivity contribution in [2.24, 2.45) is 0 Å². The van der Waals surface area contributed by atoms with Crippen molar-refractivity contribution in [3.05, 3.63) is 41.8 Å². The van der Waals surface area contributed by atoms with Gasteiger partial charge in [-0.3, -0.25) is 0 Å². The van der Waals surface area contributed by atoms with E-state index >= 15 is 0 Å². The Labute approximate surface area is 126 Å². The molecule has 1 N–H and O–H groups in total. The maximum Gasteiger partial charge on any atom is 0.341 e. The second-order valence-electron chi connectivity index (χ2n) is 4.84. The number of aromatic carboxylic acids is 1. The molecule has 0 bridgehead atoms. The highest BCUT2D eigenvalue weighted by Gasteiger charge is 2.21. The summed E-state index contributed by atoms with van der Waals surface area (Å²) in [6.07, 6.45) is 1.29. The monoisotopic (exact) mass is 303 g/mol. The molecule has 3 rings (SSSR count). The second-order valence-corrected chi connectivity index (χ2v) is 4.84. The Balaban J connectivity index is 2.02. The number of hydrogen-bond donors (Lipinski definition) is 1. The van der Waals surface area contributed by atoms with Crippen molar-refractivity contribution in [1.29, 1.82) is 0 Å². The third kappa shape index (κ3) is 2.89. The third-order valence-electron chi connectivity index (χ3n) is 3.41. The van der Waals surface area contributed by atoms with Gasteiger partial charge in [0.25, 0.3) is 0 Å². The standard InChI is InChI=1S/C15H14FN3O3/c16-11-3-1-10(2-4-11)13-17-9-12(15(20)21)14(18-13)19-5-7-22-8-6-19/h1-4,9H,5-8H2,(H,20,21). The summed E-state index contributed by atoms with van der Waals surface area (Å²) >= 11 is 0. The molecule has 114 valence electrons. The molecule has 1 saturated heterocycles. The first-order valence-corrected chi connectivity index (χ1v) is 6.84.